The van der Waals surface area contributed by atoms with Gasteiger partial charge >= 0.3 is 0 Å². The molecule has 27 heavy (non-hydrogen) atoms. The Labute approximate surface area is 157 Å². The van der Waals surface area contributed by atoms with Crippen LogP contribution >= 0.6 is 0 Å². The fourth-order valence-electron chi connectivity index (χ4n) is 4.21. The van der Waals surface area contributed by atoms with Crippen LogP contribution in [0.1, 0.15) is 29.8 Å². The second-order valence-corrected chi connectivity index (χ2v) is 7.41. The number of β-amino-alcohol motifs (C(OH)–C–C–N with tert-alkyl or cyclic N) is 1. The molecular formula is C19H24N4O4. The van der Waals surface area contributed by atoms with E-state index in [0.29, 0.717) is 37.2 Å². The summed E-state index contributed by atoms with van der Waals surface area (Å²) in [6, 6.07) is 5.12. The number of piperidine rings is 2. The van der Waals surface area contributed by atoms with Crippen LogP contribution in [0.25, 0.3) is 0 Å². The van der Waals surface area contributed by atoms with Crippen molar-refractivity contribution in [3.8, 4) is 5.88 Å². The number of carbonyl (C=O) groups excluding carboxylic acids is 1. The Balaban J connectivity index is 1.46. The molecule has 4 rings (SSSR count). The summed E-state index contributed by atoms with van der Waals surface area (Å²) in [5.41, 5.74) is -0.0515. The number of rotatable bonds is 3. The van der Waals surface area contributed by atoms with Crippen molar-refractivity contribution in [3.63, 3.8) is 0 Å². The van der Waals surface area contributed by atoms with E-state index in [-0.39, 0.29) is 11.3 Å². The van der Waals surface area contributed by atoms with E-state index in [2.05, 4.69) is 9.97 Å². The second-order valence-electron chi connectivity index (χ2n) is 7.41. The third-order valence-corrected chi connectivity index (χ3v) is 5.58. The van der Waals surface area contributed by atoms with Gasteiger partial charge in [0.1, 0.15) is 0 Å². The molecule has 0 aromatic carbocycles. The summed E-state index contributed by atoms with van der Waals surface area (Å²) in [5, 5.41) is 10.5. The lowest BCUT2D eigenvalue weighted by atomic mass is 9.71. The normalized spacial score (nSPS) is 22.1. The predicted molar refractivity (Wildman–Crippen MR) is 97.7 cm³/mol. The van der Waals surface area contributed by atoms with Crippen molar-refractivity contribution in [2.24, 2.45) is 5.41 Å². The number of ether oxygens (including phenoxy) is 1. The lowest BCUT2D eigenvalue weighted by molar-refractivity contribution is 0.0232. The van der Waals surface area contributed by atoms with Gasteiger partial charge in [0.25, 0.3) is 5.91 Å². The Kier molecular flexibility index (Phi) is 4.73. The average molecular weight is 372 g/mol. The molecule has 2 fully saturated rings. The van der Waals surface area contributed by atoms with Crippen molar-refractivity contribution in [1.82, 2.24) is 14.9 Å². The van der Waals surface area contributed by atoms with Gasteiger partial charge in [-0.25, -0.2) is 4.98 Å². The van der Waals surface area contributed by atoms with E-state index < -0.39 is 6.10 Å². The van der Waals surface area contributed by atoms with Crippen LogP contribution in [0.5, 0.6) is 5.88 Å². The molecule has 144 valence electrons. The molecule has 2 aliphatic heterocycles. The van der Waals surface area contributed by atoms with E-state index in [1.807, 2.05) is 9.80 Å². The molecule has 8 heteroatoms. The SMILES string of the molecule is COc1ccnc(N2CC(O)CC3(CCN(C(=O)c4ccco4)CC3)C2)n1. The standard InChI is InChI=1S/C19H24N4O4/c1-26-16-4-7-20-18(21-16)23-12-14(24)11-19(13-23)5-8-22(9-6-19)17(25)15-3-2-10-27-15/h2-4,7,10,14,24H,5-6,8-9,11-13H2,1H3. The molecule has 0 radical (unpaired) electrons. The number of anilines is 1. The highest BCUT2D eigenvalue weighted by Crippen LogP contribution is 2.41. The molecule has 2 aliphatic rings. The molecule has 1 spiro atoms. The Bertz CT molecular complexity index is 787. The first-order valence-corrected chi connectivity index (χ1v) is 9.21. The number of methoxy groups -OCH3 is 1. The highest BCUT2D eigenvalue weighted by molar-refractivity contribution is 5.91. The molecule has 0 bridgehead atoms. The molecule has 1 N–H and O–H groups in total. The van der Waals surface area contributed by atoms with E-state index >= 15 is 0 Å². The van der Waals surface area contributed by atoms with Gasteiger partial charge in [-0.2, -0.15) is 4.98 Å². The first-order valence-electron chi connectivity index (χ1n) is 9.21. The number of furan rings is 1. The predicted octanol–water partition coefficient (Wildman–Crippen LogP) is 1.57. The number of likely N-dealkylation sites (tertiary alicyclic amines) is 1. The molecule has 2 aromatic rings. The van der Waals surface area contributed by atoms with Crippen LogP contribution in [-0.4, -0.2) is 65.3 Å². The zero-order chi connectivity index (χ0) is 18.9. The summed E-state index contributed by atoms with van der Waals surface area (Å²) in [7, 11) is 1.57. The van der Waals surface area contributed by atoms with Crippen molar-refractivity contribution in [1.29, 1.82) is 0 Å². The summed E-state index contributed by atoms with van der Waals surface area (Å²) in [6.45, 7) is 2.57. The maximum Gasteiger partial charge on any atom is 0.289 e. The maximum absolute atomic E-state index is 12.5. The van der Waals surface area contributed by atoms with Crippen LogP contribution in [0.4, 0.5) is 5.95 Å². The van der Waals surface area contributed by atoms with Gasteiger partial charge in [-0.3, -0.25) is 4.79 Å². The summed E-state index contributed by atoms with van der Waals surface area (Å²) < 4.78 is 10.4. The van der Waals surface area contributed by atoms with Crippen LogP contribution in [0.2, 0.25) is 0 Å². The van der Waals surface area contributed by atoms with Gasteiger partial charge in [0.05, 0.1) is 19.5 Å². The highest BCUT2D eigenvalue weighted by Gasteiger charge is 2.43. The van der Waals surface area contributed by atoms with Crippen LogP contribution in [0.15, 0.2) is 35.1 Å². The number of amides is 1. The summed E-state index contributed by atoms with van der Waals surface area (Å²) in [6.07, 6.45) is 5.13. The Morgan fingerprint density at radius 3 is 2.89 bits per heavy atom. The number of aliphatic hydroxyl groups excluding tert-OH is 1. The molecule has 0 aliphatic carbocycles. The summed E-state index contributed by atoms with van der Waals surface area (Å²) in [5.74, 6) is 1.38. The second kappa shape index (κ2) is 7.19. The van der Waals surface area contributed by atoms with E-state index in [9.17, 15) is 9.90 Å². The molecule has 8 nitrogen and oxygen atoms in total. The molecule has 1 atom stereocenters. The molecule has 1 unspecified atom stereocenters. The fraction of sp³-hybridized carbons (Fsp3) is 0.526. The number of hydrogen-bond acceptors (Lipinski definition) is 7. The zero-order valence-electron chi connectivity index (χ0n) is 15.4. The Morgan fingerprint density at radius 1 is 1.37 bits per heavy atom. The first-order chi connectivity index (χ1) is 13.1. The Morgan fingerprint density at radius 2 is 2.19 bits per heavy atom. The van der Waals surface area contributed by atoms with Crippen molar-refractivity contribution in [3.05, 3.63) is 36.4 Å². The largest absolute Gasteiger partial charge is 0.481 e. The van der Waals surface area contributed by atoms with Crippen molar-refractivity contribution in [2.45, 2.75) is 25.4 Å². The highest BCUT2D eigenvalue weighted by atomic mass is 16.5. The molecule has 2 saturated heterocycles. The minimum Gasteiger partial charge on any atom is -0.481 e. The monoisotopic (exact) mass is 372 g/mol. The van der Waals surface area contributed by atoms with Crippen molar-refractivity contribution in [2.75, 3.05) is 38.2 Å². The number of aromatic nitrogens is 2. The van der Waals surface area contributed by atoms with E-state index in [1.54, 1.807) is 31.5 Å². The summed E-state index contributed by atoms with van der Waals surface area (Å²) >= 11 is 0. The van der Waals surface area contributed by atoms with Gasteiger partial charge < -0.3 is 24.1 Å². The minimum atomic E-state index is -0.444. The molecule has 0 saturated carbocycles. The van der Waals surface area contributed by atoms with Gasteiger partial charge in [-0.15, -0.1) is 0 Å². The van der Waals surface area contributed by atoms with E-state index in [4.69, 9.17) is 9.15 Å². The third-order valence-electron chi connectivity index (χ3n) is 5.58. The van der Waals surface area contributed by atoms with Gasteiger partial charge in [0, 0.05) is 38.4 Å². The van der Waals surface area contributed by atoms with Gasteiger partial charge in [-0.05, 0) is 36.8 Å². The van der Waals surface area contributed by atoms with E-state index in [0.717, 1.165) is 25.8 Å². The van der Waals surface area contributed by atoms with Crippen molar-refractivity contribution < 1.29 is 19.1 Å². The van der Waals surface area contributed by atoms with Gasteiger partial charge in [-0.1, -0.05) is 0 Å². The van der Waals surface area contributed by atoms with Gasteiger partial charge in [0.2, 0.25) is 11.8 Å². The minimum absolute atomic E-state index is 0.0515. The number of hydrogen-bond donors (Lipinski definition) is 1. The van der Waals surface area contributed by atoms with Gasteiger partial charge in [0.15, 0.2) is 5.76 Å². The number of nitrogens with zero attached hydrogens (tertiary/aromatic N) is 4. The van der Waals surface area contributed by atoms with Crippen molar-refractivity contribution >= 4 is 11.9 Å². The average Bonchev–Trinajstić information content (AvgIpc) is 3.22. The van der Waals surface area contributed by atoms with Crippen LogP contribution in [-0.2, 0) is 0 Å². The number of carbonyl (C=O) groups is 1. The van der Waals surface area contributed by atoms with E-state index in [1.165, 1.54) is 6.26 Å². The van der Waals surface area contributed by atoms with Crippen LogP contribution < -0.4 is 9.64 Å². The molecular weight excluding hydrogens is 348 g/mol. The van der Waals surface area contributed by atoms with Crippen LogP contribution in [0, 0.1) is 5.41 Å². The lowest BCUT2D eigenvalue weighted by Gasteiger charge is -2.49. The van der Waals surface area contributed by atoms with Crippen LogP contribution in [0.3, 0.4) is 0 Å². The lowest BCUT2D eigenvalue weighted by Crippen LogP contribution is -2.55. The fourth-order valence-corrected chi connectivity index (χ4v) is 4.21. The molecule has 2 aromatic heterocycles. The third kappa shape index (κ3) is 3.62. The first kappa shape index (κ1) is 17.8. The smallest absolute Gasteiger partial charge is 0.289 e. The topological polar surface area (TPSA) is 91.9 Å². The maximum atomic E-state index is 12.5. The zero-order valence-corrected chi connectivity index (χ0v) is 15.4. The molecule has 4 heterocycles. The number of aliphatic hydroxyl groups is 1. The quantitative estimate of drug-likeness (QED) is 0.874. The summed E-state index contributed by atoms with van der Waals surface area (Å²) in [4.78, 5) is 25.1. The molecule has 1 amide bonds. The Hall–Kier alpha value is -2.61.